The van der Waals surface area contributed by atoms with E-state index < -0.39 is 53.4 Å². The number of esters is 2. The first-order chi connectivity index (χ1) is 34.6. The molecule has 2 fully saturated rings. The van der Waals surface area contributed by atoms with E-state index in [0.29, 0.717) is 56.4 Å². The molecule has 0 radical (unpaired) electrons. The monoisotopic (exact) mass is 1020 g/mol. The van der Waals surface area contributed by atoms with Crippen molar-refractivity contribution in [2.24, 2.45) is 17.8 Å². The first kappa shape index (κ1) is 59.8. The van der Waals surface area contributed by atoms with Crippen LogP contribution in [0.15, 0.2) is 36.4 Å². The lowest BCUT2D eigenvalue weighted by Gasteiger charge is -2.38. The molecule has 1 aromatic carbocycles. The molecule has 0 bridgehead atoms. The number of rotatable bonds is 29. The molecule has 20 heteroatoms. The Morgan fingerprint density at radius 3 is 2.16 bits per heavy atom. The number of benzene rings is 1. The molecule has 0 aromatic heterocycles. The number of imide groups is 1. The minimum atomic E-state index is -1.04. The van der Waals surface area contributed by atoms with Crippen LogP contribution in [-0.4, -0.2) is 170 Å². The van der Waals surface area contributed by atoms with E-state index in [1.165, 1.54) is 26.4 Å². The van der Waals surface area contributed by atoms with Gasteiger partial charge in [0.1, 0.15) is 18.8 Å². The van der Waals surface area contributed by atoms with Crippen molar-refractivity contribution in [2.75, 3.05) is 66.5 Å². The minimum Gasteiger partial charge on any atom is -0.467 e. The third-order valence-corrected chi connectivity index (χ3v) is 15.0. The van der Waals surface area contributed by atoms with E-state index >= 15 is 0 Å². The zero-order chi connectivity index (χ0) is 54.0. The summed E-state index contributed by atoms with van der Waals surface area (Å²) in [5.41, 5.74) is 0.456. The number of nitrogens with one attached hydrogen (secondary N) is 4. The van der Waals surface area contributed by atoms with E-state index in [4.69, 9.17) is 14.2 Å². The Labute approximate surface area is 431 Å². The highest BCUT2D eigenvalue weighted by molar-refractivity contribution is 6.12. The Kier molecular flexibility index (Phi) is 23.5. The Balaban J connectivity index is 1.24. The van der Waals surface area contributed by atoms with Gasteiger partial charge in [-0.25, -0.2) is 4.79 Å². The van der Waals surface area contributed by atoms with Gasteiger partial charge in [0.15, 0.2) is 0 Å². The van der Waals surface area contributed by atoms with Crippen molar-refractivity contribution in [3.8, 4) is 0 Å². The summed E-state index contributed by atoms with van der Waals surface area (Å²) >= 11 is 0. The molecule has 8 atom stereocenters. The third kappa shape index (κ3) is 16.9. The van der Waals surface area contributed by atoms with Crippen molar-refractivity contribution in [1.29, 1.82) is 0 Å². The summed E-state index contributed by atoms with van der Waals surface area (Å²) in [6.45, 7) is 13.0. The molecule has 0 aliphatic carbocycles. The maximum atomic E-state index is 14.1. The second-order valence-corrected chi connectivity index (χ2v) is 20.4. The number of likely N-dealkylation sites (tertiary alicyclic amines) is 2. The summed E-state index contributed by atoms with van der Waals surface area (Å²) in [6.07, 6.45) is 8.19. The van der Waals surface area contributed by atoms with Crippen LogP contribution in [0.4, 0.5) is 5.69 Å². The average molecular weight is 1020 g/mol. The predicted octanol–water partition coefficient (Wildman–Crippen LogP) is 3.32. The number of unbranched alkanes of at least 4 members (excludes halogenated alkanes) is 2. The molecule has 0 saturated carbocycles. The maximum absolute atomic E-state index is 14.1. The van der Waals surface area contributed by atoms with Crippen LogP contribution < -0.4 is 21.3 Å². The van der Waals surface area contributed by atoms with Gasteiger partial charge in [-0.3, -0.25) is 53.1 Å². The molecular formula is C53H82N8O12. The Bertz CT molecular complexity index is 2100. The van der Waals surface area contributed by atoms with Crippen molar-refractivity contribution in [3.05, 3.63) is 42.0 Å². The molecule has 3 heterocycles. The predicted molar refractivity (Wildman–Crippen MR) is 273 cm³/mol. The van der Waals surface area contributed by atoms with Gasteiger partial charge in [0.05, 0.1) is 31.2 Å². The highest BCUT2D eigenvalue weighted by atomic mass is 16.5. The molecule has 3 aliphatic rings. The van der Waals surface area contributed by atoms with Gasteiger partial charge in [0.25, 0.3) is 11.8 Å². The van der Waals surface area contributed by atoms with Gasteiger partial charge in [-0.2, -0.15) is 0 Å². The van der Waals surface area contributed by atoms with Crippen LogP contribution in [0.5, 0.6) is 0 Å². The molecule has 406 valence electrons. The van der Waals surface area contributed by atoms with Gasteiger partial charge in [-0.05, 0) is 95.0 Å². The summed E-state index contributed by atoms with van der Waals surface area (Å²) in [5.74, 6) is -4.07. The SMILES string of the molecule is CC[C@H](C)[C@H](CCC(=O)OCN1CCC[C@H]1[C@H](OC)[C@@H](C)C(=O)N[C@@H](Cc1ccc(NC(=O)CNC(=O)CCCCCN2C(=O)C=CC2=O)cc1)C(=O)OC)N(C)C(=O)[C@@H](NC(=O)[C@@]1(C)CCCN1C)C(C)C. The Hall–Kier alpha value is -5.73. The summed E-state index contributed by atoms with van der Waals surface area (Å²) in [4.78, 5) is 123. The molecule has 20 nitrogen and oxygen atoms in total. The van der Waals surface area contributed by atoms with Crippen molar-refractivity contribution >= 4 is 59.0 Å². The number of likely N-dealkylation sites (N-methyl/N-ethyl adjacent to an activating group) is 2. The van der Waals surface area contributed by atoms with E-state index in [9.17, 15) is 43.2 Å². The third-order valence-electron chi connectivity index (χ3n) is 15.0. The number of carbonyl (C=O) groups excluding carboxylic acids is 9. The smallest absolute Gasteiger partial charge is 0.328 e. The standard InChI is InChI=1S/C53H82N8O12/c1-11-35(4)40(59(8)50(68)47(34(2)3)57-52(70)53(6)27-16-28-58(53)7)23-26-46(66)73-33-60-29-15-17-41(60)48(71-9)36(5)49(67)56-39(51(69)72-10)31-37-19-21-38(22-20-37)55-43(63)32-54-42(62)18-13-12-14-30-61-44(64)24-25-45(61)65/h19-22,24-25,34-36,39-41,47-48H,11-18,23,26-33H2,1-10H3,(H,54,62)(H,55,63)(H,56,67)(H,57,70)/t35-,36+,39-,40-,41-,47-,48+,53+/m0/s1. The molecule has 0 unspecified atom stereocenters. The normalized spacial score (nSPS) is 20.5. The first-order valence-corrected chi connectivity index (χ1v) is 25.9. The molecule has 4 rings (SSSR count). The fourth-order valence-corrected chi connectivity index (χ4v) is 9.89. The van der Waals surface area contributed by atoms with Crippen LogP contribution in [0.2, 0.25) is 0 Å². The summed E-state index contributed by atoms with van der Waals surface area (Å²) in [6, 6.07) is 4.39. The zero-order valence-corrected chi connectivity index (χ0v) is 44.8. The lowest BCUT2D eigenvalue weighted by molar-refractivity contribution is -0.153. The summed E-state index contributed by atoms with van der Waals surface area (Å²) in [7, 11) is 6.43. The van der Waals surface area contributed by atoms with Gasteiger partial charge in [-0.1, -0.05) is 59.6 Å². The summed E-state index contributed by atoms with van der Waals surface area (Å²) < 4.78 is 16.8. The van der Waals surface area contributed by atoms with Crippen LogP contribution in [0, 0.1) is 17.8 Å². The van der Waals surface area contributed by atoms with Crippen LogP contribution >= 0.6 is 0 Å². The topological polar surface area (TPSA) is 242 Å². The molecule has 7 amide bonds. The van der Waals surface area contributed by atoms with Gasteiger partial charge in [-0.15, -0.1) is 0 Å². The van der Waals surface area contributed by atoms with E-state index in [1.807, 2.05) is 44.5 Å². The van der Waals surface area contributed by atoms with Crippen LogP contribution in [0.25, 0.3) is 0 Å². The number of methoxy groups -OCH3 is 2. The van der Waals surface area contributed by atoms with E-state index in [-0.39, 0.29) is 86.0 Å². The number of hydrogen-bond acceptors (Lipinski definition) is 14. The molecule has 2 saturated heterocycles. The molecular weight excluding hydrogens is 941 g/mol. The number of carbonyl (C=O) groups is 9. The highest BCUT2D eigenvalue weighted by Gasteiger charge is 2.44. The summed E-state index contributed by atoms with van der Waals surface area (Å²) in [5, 5.41) is 11.2. The number of nitrogens with zero attached hydrogens (tertiary/aromatic N) is 4. The number of amides is 7. The Morgan fingerprint density at radius 1 is 0.877 bits per heavy atom. The molecule has 0 spiro atoms. The number of anilines is 1. The van der Waals surface area contributed by atoms with Crippen molar-refractivity contribution in [2.45, 2.75) is 154 Å². The van der Waals surface area contributed by atoms with Crippen molar-refractivity contribution < 1.29 is 57.4 Å². The molecule has 73 heavy (non-hydrogen) atoms. The van der Waals surface area contributed by atoms with Crippen LogP contribution in [0.1, 0.15) is 118 Å². The van der Waals surface area contributed by atoms with Crippen molar-refractivity contribution in [1.82, 2.24) is 35.6 Å². The van der Waals surface area contributed by atoms with E-state index in [0.717, 1.165) is 37.1 Å². The van der Waals surface area contributed by atoms with Gasteiger partial charge >= 0.3 is 11.9 Å². The molecule has 1 aromatic rings. The van der Waals surface area contributed by atoms with E-state index in [1.54, 1.807) is 43.1 Å². The maximum Gasteiger partial charge on any atom is 0.328 e. The second kappa shape index (κ2) is 28.6. The molecule has 3 aliphatic heterocycles. The average Bonchev–Trinajstić information content (AvgIpc) is 4.08. The van der Waals surface area contributed by atoms with Crippen molar-refractivity contribution in [3.63, 3.8) is 0 Å². The quantitative estimate of drug-likeness (QED) is 0.0512. The Morgan fingerprint density at radius 2 is 1.56 bits per heavy atom. The van der Waals surface area contributed by atoms with Crippen LogP contribution in [-0.2, 0) is 63.8 Å². The molecule has 4 N–H and O–H groups in total. The van der Waals surface area contributed by atoms with E-state index in [2.05, 4.69) is 28.2 Å². The number of hydrogen-bond donors (Lipinski definition) is 4. The minimum absolute atomic E-state index is 0.0142. The lowest BCUT2D eigenvalue weighted by atomic mass is 9.91. The van der Waals surface area contributed by atoms with Crippen LogP contribution in [0.3, 0.4) is 0 Å². The fourth-order valence-electron chi connectivity index (χ4n) is 9.89. The number of ether oxygens (including phenoxy) is 3. The van der Waals surface area contributed by atoms with Gasteiger partial charge in [0.2, 0.25) is 29.5 Å². The second-order valence-electron chi connectivity index (χ2n) is 20.4. The first-order valence-electron chi connectivity index (χ1n) is 25.9. The van der Waals surface area contributed by atoms with Gasteiger partial charge < -0.3 is 40.4 Å². The fraction of sp³-hybridized carbons (Fsp3) is 0.679. The van der Waals surface area contributed by atoms with Gasteiger partial charge in [0, 0.05) is 76.4 Å². The highest BCUT2D eigenvalue weighted by Crippen LogP contribution is 2.29. The zero-order valence-electron chi connectivity index (χ0n) is 44.8. The lowest BCUT2D eigenvalue weighted by Crippen LogP contribution is -2.59. The largest absolute Gasteiger partial charge is 0.467 e.